The molecule has 1 unspecified atom stereocenters. The topological polar surface area (TPSA) is 110 Å². The molecule has 7 nitrogen and oxygen atoms in total. The molecule has 1 heterocycles. The maximum absolute atomic E-state index is 12.0. The Morgan fingerprint density at radius 3 is 2.95 bits per heavy atom. The smallest absolute Gasteiger partial charge is 0.283 e. The van der Waals surface area contributed by atoms with Crippen molar-refractivity contribution in [1.29, 1.82) is 0 Å². The lowest BCUT2D eigenvalue weighted by Crippen LogP contribution is -2.35. The minimum Gasteiger partial charge on any atom is -0.381 e. The number of hydrogen-bond acceptors (Lipinski definition) is 5. The second-order valence-corrected chi connectivity index (χ2v) is 5.39. The van der Waals surface area contributed by atoms with Crippen molar-refractivity contribution in [2.75, 3.05) is 11.9 Å². The van der Waals surface area contributed by atoms with Crippen molar-refractivity contribution in [3.63, 3.8) is 0 Å². The van der Waals surface area contributed by atoms with Crippen molar-refractivity contribution >= 4 is 27.5 Å². The van der Waals surface area contributed by atoms with E-state index in [2.05, 4.69) is 26.3 Å². The standard InChI is InChI=1S/C11H15BrN4O3/c12-9-7(14-4-8(17)10(13)18)3-15-16(11(9)19)5-6-1-2-6/h3,6,8,14,17H,1-2,4-5H2,(H2,13,18). The molecule has 1 aliphatic rings. The molecule has 2 rings (SSSR count). The number of aliphatic hydroxyl groups excluding tert-OH is 1. The number of aliphatic hydroxyl groups is 1. The molecule has 0 radical (unpaired) electrons. The van der Waals surface area contributed by atoms with Crippen LogP contribution in [0.5, 0.6) is 0 Å². The van der Waals surface area contributed by atoms with E-state index in [0.29, 0.717) is 22.6 Å². The van der Waals surface area contributed by atoms with Crippen LogP contribution in [0.4, 0.5) is 5.69 Å². The first-order chi connectivity index (χ1) is 8.99. The van der Waals surface area contributed by atoms with Gasteiger partial charge in [0.25, 0.3) is 5.56 Å². The van der Waals surface area contributed by atoms with E-state index in [1.54, 1.807) is 0 Å². The van der Waals surface area contributed by atoms with Gasteiger partial charge in [0.15, 0.2) is 0 Å². The second kappa shape index (κ2) is 5.70. The number of halogens is 1. The molecule has 0 aromatic carbocycles. The van der Waals surface area contributed by atoms with Crippen LogP contribution in [0.3, 0.4) is 0 Å². The monoisotopic (exact) mass is 330 g/mol. The SMILES string of the molecule is NC(=O)C(O)CNc1cnn(CC2CC2)c(=O)c1Br. The molecular weight excluding hydrogens is 316 g/mol. The molecule has 1 atom stereocenters. The molecule has 0 aliphatic heterocycles. The average molecular weight is 331 g/mol. The van der Waals surface area contributed by atoms with E-state index in [-0.39, 0.29) is 12.1 Å². The molecule has 1 amide bonds. The number of carbonyl (C=O) groups excluding carboxylic acids is 1. The lowest BCUT2D eigenvalue weighted by atomic mass is 10.3. The van der Waals surface area contributed by atoms with Gasteiger partial charge in [-0.3, -0.25) is 9.59 Å². The lowest BCUT2D eigenvalue weighted by molar-refractivity contribution is -0.125. The number of carbonyl (C=O) groups is 1. The van der Waals surface area contributed by atoms with E-state index in [9.17, 15) is 14.7 Å². The van der Waals surface area contributed by atoms with Crippen LogP contribution in [0, 0.1) is 5.92 Å². The van der Waals surface area contributed by atoms with Gasteiger partial charge < -0.3 is 16.2 Å². The average Bonchev–Trinajstić information content (AvgIpc) is 3.17. The third-order valence-corrected chi connectivity index (χ3v) is 3.69. The Balaban J connectivity index is 2.07. The maximum atomic E-state index is 12.0. The third-order valence-electron chi connectivity index (χ3n) is 2.93. The van der Waals surface area contributed by atoms with E-state index >= 15 is 0 Å². The number of nitrogens with two attached hydrogens (primary N) is 1. The van der Waals surface area contributed by atoms with Crippen LogP contribution in [-0.2, 0) is 11.3 Å². The van der Waals surface area contributed by atoms with E-state index in [0.717, 1.165) is 12.8 Å². The summed E-state index contributed by atoms with van der Waals surface area (Å²) in [5, 5.41) is 16.1. The van der Waals surface area contributed by atoms with Gasteiger partial charge in [0.2, 0.25) is 5.91 Å². The zero-order chi connectivity index (χ0) is 14.0. The van der Waals surface area contributed by atoms with Gasteiger partial charge in [0.1, 0.15) is 10.6 Å². The van der Waals surface area contributed by atoms with Crippen molar-refractivity contribution in [3.05, 3.63) is 21.0 Å². The number of aromatic nitrogens is 2. The van der Waals surface area contributed by atoms with Gasteiger partial charge in [0.05, 0.1) is 11.9 Å². The summed E-state index contributed by atoms with van der Waals surface area (Å²) in [6.45, 7) is 0.559. The first kappa shape index (κ1) is 14.0. The predicted molar refractivity (Wildman–Crippen MR) is 72.6 cm³/mol. The minimum atomic E-state index is -1.30. The van der Waals surface area contributed by atoms with E-state index in [1.165, 1.54) is 10.9 Å². The third kappa shape index (κ3) is 3.54. The molecular formula is C11H15BrN4O3. The normalized spacial score (nSPS) is 16.1. The number of amides is 1. The molecule has 104 valence electrons. The summed E-state index contributed by atoms with van der Waals surface area (Å²) in [5.74, 6) is -0.272. The van der Waals surface area contributed by atoms with Crippen molar-refractivity contribution in [1.82, 2.24) is 9.78 Å². The molecule has 1 fully saturated rings. The first-order valence-electron chi connectivity index (χ1n) is 5.96. The highest BCUT2D eigenvalue weighted by molar-refractivity contribution is 9.10. The van der Waals surface area contributed by atoms with Crippen molar-refractivity contribution in [2.24, 2.45) is 11.7 Å². The van der Waals surface area contributed by atoms with Crippen molar-refractivity contribution in [2.45, 2.75) is 25.5 Å². The Morgan fingerprint density at radius 2 is 2.37 bits per heavy atom. The molecule has 19 heavy (non-hydrogen) atoms. The van der Waals surface area contributed by atoms with Crippen LogP contribution < -0.4 is 16.6 Å². The number of primary amides is 1. The van der Waals surface area contributed by atoms with Gasteiger partial charge in [-0.05, 0) is 34.7 Å². The van der Waals surface area contributed by atoms with E-state index in [1.807, 2.05) is 0 Å². The summed E-state index contributed by atoms with van der Waals surface area (Å²) in [7, 11) is 0. The van der Waals surface area contributed by atoms with Gasteiger partial charge in [0, 0.05) is 13.1 Å². The Kier molecular flexibility index (Phi) is 4.20. The second-order valence-electron chi connectivity index (χ2n) is 4.60. The number of anilines is 1. The van der Waals surface area contributed by atoms with Gasteiger partial charge >= 0.3 is 0 Å². The fraction of sp³-hybridized carbons (Fsp3) is 0.545. The molecule has 0 bridgehead atoms. The minimum absolute atomic E-state index is 0.0678. The zero-order valence-electron chi connectivity index (χ0n) is 10.2. The molecule has 0 spiro atoms. The van der Waals surface area contributed by atoms with Crippen LogP contribution >= 0.6 is 15.9 Å². The number of rotatable bonds is 6. The maximum Gasteiger partial charge on any atom is 0.283 e. The fourth-order valence-electron chi connectivity index (χ4n) is 1.57. The summed E-state index contributed by atoms with van der Waals surface area (Å²) in [5.41, 5.74) is 5.13. The van der Waals surface area contributed by atoms with Crippen LogP contribution in [0.2, 0.25) is 0 Å². The van der Waals surface area contributed by atoms with Crippen molar-refractivity contribution < 1.29 is 9.90 Å². The quantitative estimate of drug-likeness (QED) is 0.661. The van der Waals surface area contributed by atoms with Gasteiger partial charge in [-0.1, -0.05) is 0 Å². The van der Waals surface area contributed by atoms with Crippen molar-refractivity contribution in [3.8, 4) is 0 Å². The van der Waals surface area contributed by atoms with Crippen LogP contribution in [0.1, 0.15) is 12.8 Å². The summed E-state index contributed by atoms with van der Waals surface area (Å²) in [4.78, 5) is 22.7. The molecule has 1 aromatic rings. The highest BCUT2D eigenvalue weighted by Crippen LogP contribution is 2.30. The summed E-state index contributed by atoms with van der Waals surface area (Å²) in [6.07, 6.45) is 2.45. The Morgan fingerprint density at radius 1 is 1.68 bits per heavy atom. The summed E-state index contributed by atoms with van der Waals surface area (Å²) >= 11 is 3.19. The summed E-state index contributed by atoms with van der Waals surface area (Å²) < 4.78 is 1.75. The van der Waals surface area contributed by atoms with Crippen LogP contribution in [-0.4, -0.2) is 33.4 Å². The zero-order valence-corrected chi connectivity index (χ0v) is 11.8. The molecule has 1 aliphatic carbocycles. The predicted octanol–water partition coefficient (Wildman–Crippen LogP) is -0.326. The van der Waals surface area contributed by atoms with Gasteiger partial charge in [-0.2, -0.15) is 5.10 Å². The highest BCUT2D eigenvalue weighted by Gasteiger charge is 2.23. The summed E-state index contributed by atoms with van der Waals surface area (Å²) in [6, 6.07) is 0. The molecule has 1 saturated carbocycles. The number of hydrogen-bond donors (Lipinski definition) is 3. The van der Waals surface area contributed by atoms with E-state index < -0.39 is 12.0 Å². The Hall–Kier alpha value is -1.41. The first-order valence-corrected chi connectivity index (χ1v) is 6.75. The van der Waals surface area contributed by atoms with Crippen LogP contribution in [0.15, 0.2) is 15.5 Å². The van der Waals surface area contributed by atoms with E-state index in [4.69, 9.17) is 5.73 Å². The highest BCUT2D eigenvalue weighted by atomic mass is 79.9. The Labute approximate surface area is 117 Å². The Bertz CT molecular complexity index is 541. The molecule has 0 saturated heterocycles. The number of nitrogens with one attached hydrogen (secondary N) is 1. The number of nitrogens with zero attached hydrogens (tertiary/aromatic N) is 2. The fourth-order valence-corrected chi connectivity index (χ4v) is 2.02. The molecule has 1 aromatic heterocycles. The van der Waals surface area contributed by atoms with Gasteiger partial charge in [-0.15, -0.1) is 0 Å². The molecule has 8 heteroatoms. The molecule has 4 N–H and O–H groups in total. The lowest BCUT2D eigenvalue weighted by Gasteiger charge is -2.12. The largest absolute Gasteiger partial charge is 0.381 e. The van der Waals surface area contributed by atoms with Crippen LogP contribution in [0.25, 0.3) is 0 Å². The van der Waals surface area contributed by atoms with Gasteiger partial charge in [-0.25, -0.2) is 4.68 Å².